The predicted molar refractivity (Wildman–Crippen MR) is 106 cm³/mol. The number of carbonyl (C=O) groups excluding carboxylic acids is 1. The third-order valence-electron chi connectivity index (χ3n) is 4.44. The van der Waals surface area contributed by atoms with Gasteiger partial charge in [-0.1, -0.05) is 18.5 Å². The molecule has 6 nitrogen and oxygen atoms in total. The summed E-state index contributed by atoms with van der Waals surface area (Å²) in [6, 6.07) is 5.07. The summed E-state index contributed by atoms with van der Waals surface area (Å²) >= 11 is 5.78. The number of amides is 1. The van der Waals surface area contributed by atoms with Gasteiger partial charge in [-0.2, -0.15) is 4.72 Å². The number of piperidine rings is 1. The number of hydrogen-bond donors (Lipinski definition) is 2. The van der Waals surface area contributed by atoms with Crippen LogP contribution in [0.4, 0.5) is 0 Å². The van der Waals surface area contributed by atoms with Gasteiger partial charge >= 0.3 is 0 Å². The highest BCUT2D eigenvalue weighted by molar-refractivity contribution is 7.89. The van der Waals surface area contributed by atoms with Gasteiger partial charge in [-0.15, -0.1) is 12.4 Å². The average molecular weight is 424 g/mol. The molecule has 2 rings (SSSR count). The molecule has 2 N–H and O–H groups in total. The lowest BCUT2D eigenvalue weighted by atomic mass is 9.96. The zero-order valence-corrected chi connectivity index (χ0v) is 17.5. The Bertz CT molecular complexity index is 675. The van der Waals surface area contributed by atoms with Crippen molar-refractivity contribution in [2.75, 3.05) is 26.2 Å². The van der Waals surface area contributed by atoms with Gasteiger partial charge in [0.2, 0.25) is 15.9 Å². The number of halogens is 2. The van der Waals surface area contributed by atoms with Crippen LogP contribution in [-0.2, 0) is 14.8 Å². The molecule has 1 aromatic rings. The predicted octanol–water partition coefficient (Wildman–Crippen LogP) is 2.28. The molecular formula is C17H27Cl2N3O3S. The SMILES string of the molecule is CCNCC1CCN(C(=O)C(C)NS(=O)(=O)c2ccc(Cl)cc2)CC1.Cl. The summed E-state index contributed by atoms with van der Waals surface area (Å²) in [5.41, 5.74) is 0. The summed E-state index contributed by atoms with van der Waals surface area (Å²) in [6.07, 6.45) is 1.88. The van der Waals surface area contributed by atoms with Gasteiger partial charge in [0.05, 0.1) is 10.9 Å². The Hall–Kier alpha value is -0.860. The van der Waals surface area contributed by atoms with E-state index in [1.165, 1.54) is 24.3 Å². The summed E-state index contributed by atoms with van der Waals surface area (Å²) in [5, 5.41) is 3.80. The van der Waals surface area contributed by atoms with Crippen molar-refractivity contribution in [2.45, 2.75) is 37.6 Å². The van der Waals surface area contributed by atoms with Crippen LogP contribution in [-0.4, -0.2) is 51.4 Å². The normalized spacial score (nSPS) is 16.8. The summed E-state index contributed by atoms with van der Waals surface area (Å²) in [7, 11) is -3.75. The number of rotatable bonds is 7. The second-order valence-corrected chi connectivity index (χ2v) is 8.52. The van der Waals surface area contributed by atoms with Gasteiger partial charge in [0.1, 0.15) is 0 Å². The number of nitrogens with one attached hydrogen (secondary N) is 2. The first-order valence-electron chi connectivity index (χ1n) is 8.61. The van der Waals surface area contributed by atoms with E-state index in [0.717, 1.165) is 25.9 Å². The largest absolute Gasteiger partial charge is 0.341 e. The van der Waals surface area contributed by atoms with Crippen LogP contribution in [0.3, 0.4) is 0 Å². The molecule has 1 saturated heterocycles. The highest BCUT2D eigenvalue weighted by Crippen LogP contribution is 2.18. The summed E-state index contributed by atoms with van der Waals surface area (Å²) < 4.78 is 27.2. The Morgan fingerprint density at radius 2 is 1.85 bits per heavy atom. The Morgan fingerprint density at radius 3 is 2.38 bits per heavy atom. The molecule has 0 bridgehead atoms. The lowest BCUT2D eigenvalue weighted by Gasteiger charge is -2.33. The van der Waals surface area contributed by atoms with Crippen molar-refractivity contribution in [3.63, 3.8) is 0 Å². The molecule has 0 aromatic heterocycles. The minimum absolute atomic E-state index is 0. The van der Waals surface area contributed by atoms with Gasteiger partial charge in [0, 0.05) is 18.1 Å². The van der Waals surface area contributed by atoms with Gasteiger partial charge in [-0.3, -0.25) is 4.79 Å². The van der Waals surface area contributed by atoms with Crippen LogP contribution >= 0.6 is 24.0 Å². The molecule has 148 valence electrons. The molecule has 1 fully saturated rings. The second-order valence-electron chi connectivity index (χ2n) is 6.37. The van der Waals surface area contributed by atoms with Gasteiger partial charge in [0.15, 0.2) is 0 Å². The third-order valence-corrected chi connectivity index (χ3v) is 6.24. The summed E-state index contributed by atoms with van der Waals surface area (Å²) in [5.74, 6) is 0.393. The molecule has 1 aliphatic heterocycles. The van der Waals surface area contributed by atoms with Gasteiger partial charge in [0.25, 0.3) is 0 Å². The van der Waals surface area contributed by atoms with E-state index in [0.29, 0.717) is 24.0 Å². The fourth-order valence-electron chi connectivity index (χ4n) is 2.94. The summed E-state index contributed by atoms with van der Waals surface area (Å²) in [4.78, 5) is 14.4. The van der Waals surface area contributed by atoms with E-state index in [-0.39, 0.29) is 23.2 Å². The average Bonchev–Trinajstić information content (AvgIpc) is 2.59. The number of nitrogens with zero attached hydrogens (tertiary/aromatic N) is 1. The first-order valence-corrected chi connectivity index (χ1v) is 10.5. The number of carbonyl (C=O) groups is 1. The molecule has 1 aromatic carbocycles. The van der Waals surface area contributed by atoms with E-state index in [1.807, 2.05) is 0 Å². The van der Waals surface area contributed by atoms with Crippen molar-refractivity contribution >= 4 is 39.9 Å². The maximum Gasteiger partial charge on any atom is 0.241 e. The molecule has 1 aliphatic rings. The van der Waals surface area contributed by atoms with Crippen LogP contribution in [0, 0.1) is 5.92 Å². The minimum atomic E-state index is -3.75. The molecule has 0 spiro atoms. The van der Waals surface area contributed by atoms with E-state index >= 15 is 0 Å². The quantitative estimate of drug-likeness (QED) is 0.704. The Morgan fingerprint density at radius 1 is 1.27 bits per heavy atom. The fourth-order valence-corrected chi connectivity index (χ4v) is 4.27. The Balaban J connectivity index is 0.00000338. The molecule has 0 aliphatic carbocycles. The van der Waals surface area contributed by atoms with Crippen molar-refractivity contribution < 1.29 is 13.2 Å². The highest BCUT2D eigenvalue weighted by Gasteiger charge is 2.28. The van der Waals surface area contributed by atoms with Crippen LogP contribution in [0.25, 0.3) is 0 Å². The summed E-state index contributed by atoms with van der Waals surface area (Å²) in [6.45, 7) is 6.91. The molecule has 1 heterocycles. The van der Waals surface area contributed by atoms with Crippen molar-refractivity contribution in [3.05, 3.63) is 29.3 Å². The molecule has 1 unspecified atom stereocenters. The van der Waals surface area contributed by atoms with Gasteiger partial charge in [-0.05, 0) is 63.0 Å². The zero-order valence-electron chi connectivity index (χ0n) is 15.1. The first kappa shape index (κ1) is 23.2. The maximum atomic E-state index is 12.5. The fraction of sp³-hybridized carbons (Fsp3) is 0.588. The molecule has 0 saturated carbocycles. The van der Waals surface area contributed by atoms with Crippen LogP contribution in [0.15, 0.2) is 29.2 Å². The molecule has 9 heteroatoms. The molecule has 0 radical (unpaired) electrons. The van der Waals surface area contributed by atoms with E-state index in [1.54, 1.807) is 11.8 Å². The number of sulfonamides is 1. The Labute approximate surface area is 167 Å². The van der Waals surface area contributed by atoms with Crippen LogP contribution in [0.1, 0.15) is 26.7 Å². The third kappa shape index (κ3) is 6.39. The van der Waals surface area contributed by atoms with Gasteiger partial charge < -0.3 is 10.2 Å². The maximum absolute atomic E-state index is 12.5. The molecule has 26 heavy (non-hydrogen) atoms. The molecule has 1 atom stereocenters. The lowest BCUT2D eigenvalue weighted by Crippen LogP contribution is -2.49. The topological polar surface area (TPSA) is 78.5 Å². The standard InChI is InChI=1S/C17H26ClN3O3S.ClH/c1-3-19-12-14-8-10-21(11-9-14)17(22)13(2)20-25(23,24)16-6-4-15(18)5-7-16;/h4-7,13-14,19-20H,3,8-12H2,1-2H3;1H. The highest BCUT2D eigenvalue weighted by atomic mass is 35.5. The minimum Gasteiger partial charge on any atom is -0.341 e. The van der Waals surface area contributed by atoms with Crippen LogP contribution < -0.4 is 10.0 Å². The van der Waals surface area contributed by atoms with E-state index in [9.17, 15) is 13.2 Å². The zero-order chi connectivity index (χ0) is 18.4. The van der Waals surface area contributed by atoms with Crippen molar-refractivity contribution in [2.24, 2.45) is 5.92 Å². The van der Waals surface area contributed by atoms with E-state index in [4.69, 9.17) is 11.6 Å². The Kier molecular flexibility index (Phi) is 9.33. The van der Waals surface area contributed by atoms with Gasteiger partial charge in [-0.25, -0.2) is 8.42 Å². The van der Waals surface area contributed by atoms with E-state index in [2.05, 4.69) is 17.0 Å². The van der Waals surface area contributed by atoms with Crippen molar-refractivity contribution in [1.82, 2.24) is 14.9 Å². The first-order chi connectivity index (χ1) is 11.8. The monoisotopic (exact) mass is 423 g/mol. The van der Waals surface area contributed by atoms with Crippen LogP contribution in [0.5, 0.6) is 0 Å². The number of hydrogen-bond acceptors (Lipinski definition) is 4. The lowest BCUT2D eigenvalue weighted by molar-refractivity contribution is -0.133. The van der Waals surface area contributed by atoms with E-state index < -0.39 is 16.1 Å². The van der Waals surface area contributed by atoms with Crippen LogP contribution in [0.2, 0.25) is 5.02 Å². The molecule has 1 amide bonds. The number of likely N-dealkylation sites (tertiary alicyclic amines) is 1. The second kappa shape index (κ2) is 10.5. The molecular weight excluding hydrogens is 397 g/mol. The van der Waals surface area contributed by atoms with Crippen molar-refractivity contribution in [1.29, 1.82) is 0 Å². The number of benzene rings is 1. The van der Waals surface area contributed by atoms with Crippen molar-refractivity contribution in [3.8, 4) is 0 Å². The smallest absolute Gasteiger partial charge is 0.241 e.